The van der Waals surface area contributed by atoms with Gasteiger partial charge in [0.05, 0.1) is 17.1 Å². The second kappa shape index (κ2) is 8.00. The lowest BCUT2D eigenvalue weighted by Crippen LogP contribution is -2.31. The highest BCUT2D eigenvalue weighted by Gasteiger charge is 2.37. The highest BCUT2D eigenvalue weighted by molar-refractivity contribution is 5.99. The number of pyridine rings is 1. The van der Waals surface area contributed by atoms with Gasteiger partial charge in [0, 0.05) is 28.9 Å². The fourth-order valence-corrected chi connectivity index (χ4v) is 5.26. The molecule has 2 nitrogen and oxygen atoms in total. The zero-order chi connectivity index (χ0) is 23.1. The quantitative estimate of drug-likeness (QED) is 0.281. The smallest absolute Gasteiger partial charge is 0.0649 e. The molecule has 0 fully saturated rings. The Labute approximate surface area is 201 Å². The van der Waals surface area contributed by atoms with E-state index in [1.54, 1.807) is 0 Å². The first-order chi connectivity index (χ1) is 16.7. The maximum atomic E-state index is 4.71. The van der Waals surface area contributed by atoms with E-state index in [0.717, 1.165) is 27.9 Å². The largest absolute Gasteiger partial charge is 0.309 e. The van der Waals surface area contributed by atoms with Crippen molar-refractivity contribution in [2.45, 2.75) is 19.3 Å². The van der Waals surface area contributed by atoms with Crippen molar-refractivity contribution in [3.8, 4) is 22.3 Å². The number of benzene rings is 4. The summed E-state index contributed by atoms with van der Waals surface area (Å²) in [5.74, 6) is 0. The topological polar surface area (TPSA) is 16.1 Å². The van der Waals surface area contributed by atoms with Gasteiger partial charge in [-0.1, -0.05) is 111 Å². The molecule has 1 aliphatic heterocycles. The first-order valence-corrected chi connectivity index (χ1v) is 11.7. The summed E-state index contributed by atoms with van der Waals surface area (Å²) < 4.78 is 0. The number of fused-ring (bicyclic) bond motifs is 2. The van der Waals surface area contributed by atoms with Crippen molar-refractivity contribution in [1.82, 2.24) is 4.98 Å². The van der Waals surface area contributed by atoms with Crippen LogP contribution in [0.1, 0.15) is 25.0 Å². The molecule has 5 aromatic rings. The number of anilines is 3. The van der Waals surface area contributed by atoms with E-state index in [-0.39, 0.29) is 5.41 Å². The van der Waals surface area contributed by atoms with E-state index in [2.05, 4.69) is 128 Å². The van der Waals surface area contributed by atoms with Crippen LogP contribution in [0, 0.1) is 0 Å². The van der Waals surface area contributed by atoms with Gasteiger partial charge in [-0.05, 0) is 34.4 Å². The van der Waals surface area contributed by atoms with Gasteiger partial charge in [-0.25, -0.2) is 0 Å². The minimum absolute atomic E-state index is 0.101. The van der Waals surface area contributed by atoms with Crippen molar-refractivity contribution in [3.63, 3.8) is 0 Å². The molecule has 0 saturated carbocycles. The Morgan fingerprint density at radius 3 is 1.41 bits per heavy atom. The van der Waals surface area contributed by atoms with Crippen LogP contribution in [0.3, 0.4) is 0 Å². The van der Waals surface area contributed by atoms with E-state index in [1.165, 1.54) is 22.5 Å². The Kier molecular flexibility index (Phi) is 4.81. The summed E-state index contributed by atoms with van der Waals surface area (Å²) >= 11 is 0. The van der Waals surface area contributed by atoms with Crippen LogP contribution in [0.2, 0.25) is 0 Å². The molecule has 0 amide bonds. The van der Waals surface area contributed by atoms with Crippen LogP contribution in [-0.2, 0) is 5.41 Å². The van der Waals surface area contributed by atoms with Crippen molar-refractivity contribution in [2.24, 2.45) is 0 Å². The molecular formula is C32H26N2. The van der Waals surface area contributed by atoms with Gasteiger partial charge >= 0.3 is 0 Å². The molecule has 4 aromatic carbocycles. The Morgan fingerprint density at radius 2 is 0.941 bits per heavy atom. The normalized spacial score (nSPS) is 13.8. The highest BCUT2D eigenvalue weighted by Crippen LogP contribution is 2.55. The van der Waals surface area contributed by atoms with Gasteiger partial charge in [-0.2, -0.15) is 0 Å². The van der Waals surface area contributed by atoms with E-state index in [1.807, 2.05) is 12.4 Å². The third-order valence-corrected chi connectivity index (χ3v) is 6.95. The summed E-state index contributed by atoms with van der Waals surface area (Å²) in [5.41, 5.74) is 10.7. The molecule has 1 aliphatic rings. The fourth-order valence-electron chi connectivity index (χ4n) is 5.26. The molecule has 0 unspecified atom stereocenters. The van der Waals surface area contributed by atoms with Crippen LogP contribution < -0.4 is 4.90 Å². The molecule has 2 heteroatoms. The lowest BCUT2D eigenvalue weighted by Gasteiger charge is -2.43. The van der Waals surface area contributed by atoms with Crippen LogP contribution in [0.15, 0.2) is 122 Å². The molecule has 0 spiro atoms. The first-order valence-electron chi connectivity index (χ1n) is 11.7. The van der Waals surface area contributed by atoms with E-state index in [0.29, 0.717) is 0 Å². The number of nitrogens with zero attached hydrogens (tertiary/aromatic N) is 2. The average Bonchev–Trinajstić information content (AvgIpc) is 2.90. The zero-order valence-electron chi connectivity index (χ0n) is 19.4. The van der Waals surface area contributed by atoms with E-state index in [9.17, 15) is 0 Å². The summed E-state index contributed by atoms with van der Waals surface area (Å²) in [4.78, 5) is 7.15. The number of hydrogen-bond donors (Lipinski definition) is 0. The van der Waals surface area contributed by atoms with Crippen molar-refractivity contribution < 1.29 is 0 Å². The molecule has 0 N–H and O–H groups in total. The summed E-state index contributed by atoms with van der Waals surface area (Å²) in [6.45, 7) is 4.65. The molecule has 34 heavy (non-hydrogen) atoms. The Hall–Kier alpha value is -4.17. The number of hydrogen-bond acceptors (Lipinski definition) is 2. The van der Waals surface area contributed by atoms with Gasteiger partial charge in [-0.3, -0.25) is 4.98 Å². The van der Waals surface area contributed by atoms with Gasteiger partial charge in [0.1, 0.15) is 0 Å². The van der Waals surface area contributed by atoms with E-state index >= 15 is 0 Å². The molecule has 0 atom stereocenters. The molecule has 6 rings (SSSR count). The van der Waals surface area contributed by atoms with Crippen LogP contribution in [0.25, 0.3) is 22.3 Å². The minimum Gasteiger partial charge on any atom is -0.309 e. The Balaban J connectivity index is 1.73. The highest BCUT2D eigenvalue weighted by atomic mass is 15.2. The van der Waals surface area contributed by atoms with Crippen molar-refractivity contribution in [2.75, 3.05) is 4.90 Å². The average molecular weight is 439 g/mol. The summed E-state index contributed by atoms with van der Waals surface area (Å²) in [6, 6.07) is 38.8. The molecule has 2 heterocycles. The third-order valence-electron chi connectivity index (χ3n) is 6.95. The van der Waals surface area contributed by atoms with Crippen LogP contribution in [-0.4, -0.2) is 4.98 Å². The Bertz CT molecular complexity index is 1360. The summed E-state index contributed by atoms with van der Waals surface area (Å²) in [6.07, 6.45) is 4.00. The molecular weight excluding hydrogens is 412 g/mol. The predicted molar refractivity (Wildman–Crippen MR) is 142 cm³/mol. The third kappa shape index (κ3) is 3.14. The summed E-state index contributed by atoms with van der Waals surface area (Å²) in [5, 5.41) is 0. The SMILES string of the molecule is CC1(C)c2ccccc2N(c2c(-c3ccccc3)cncc2-c2ccccc2)c2ccccc21. The van der Waals surface area contributed by atoms with Gasteiger partial charge in [0.2, 0.25) is 0 Å². The van der Waals surface area contributed by atoms with Crippen LogP contribution in [0.4, 0.5) is 17.1 Å². The van der Waals surface area contributed by atoms with Crippen LogP contribution in [0.5, 0.6) is 0 Å². The molecule has 0 saturated heterocycles. The standard InChI is InChI=1S/C32H26N2/c1-32(2)27-17-9-11-19-29(27)34(30-20-12-10-18-28(30)32)31-25(23-13-5-3-6-14-23)21-33-22-26(31)24-15-7-4-8-16-24/h3-22H,1-2H3. The summed E-state index contributed by atoms with van der Waals surface area (Å²) in [7, 11) is 0. The molecule has 0 radical (unpaired) electrons. The fraction of sp³-hybridized carbons (Fsp3) is 0.0938. The maximum Gasteiger partial charge on any atom is 0.0649 e. The van der Waals surface area contributed by atoms with Gasteiger partial charge < -0.3 is 4.90 Å². The lowest BCUT2D eigenvalue weighted by molar-refractivity contribution is 0.632. The second-order valence-corrected chi connectivity index (χ2v) is 9.31. The number of aromatic nitrogens is 1. The van der Waals surface area contributed by atoms with E-state index < -0.39 is 0 Å². The minimum atomic E-state index is -0.101. The number of rotatable bonds is 3. The molecule has 164 valence electrons. The van der Waals surface area contributed by atoms with Crippen molar-refractivity contribution in [3.05, 3.63) is 133 Å². The van der Waals surface area contributed by atoms with Crippen molar-refractivity contribution >= 4 is 17.1 Å². The van der Waals surface area contributed by atoms with Gasteiger partial charge in [-0.15, -0.1) is 0 Å². The van der Waals surface area contributed by atoms with Gasteiger partial charge in [0.25, 0.3) is 0 Å². The van der Waals surface area contributed by atoms with Crippen LogP contribution >= 0.6 is 0 Å². The maximum absolute atomic E-state index is 4.71. The van der Waals surface area contributed by atoms with Gasteiger partial charge in [0.15, 0.2) is 0 Å². The monoisotopic (exact) mass is 438 g/mol. The van der Waals surface area contributed by atoms with E-state index in [4.69, 9.17) is 4.98 Å². The predicted octanol–water partition coefficient (Wildman–Crippen LogP) is 8.52. The molecule has 0 aliphatic carbocycles. The second-order valence-electron chi connectivity index (χ2n) is 9.31. The first kappa shape index (κ1) is 20.4. The van der Waals surface area contributed by atoms with Crippen molar-refractivity contribution in [1.29, 1.82) is 0 Å². The lowest BCUT2D eigenvalue weighted by atomic mass is 9.73. The molecule has 0 bridgehead atoms. The zero-order valence-corrected chi connectivity index (χ0v) is 19.4. The molecule has 1 aromatic heterocycles. The Morgan fingerprint density at radius 1 is 0.529 bits per heavy atom. The number of para-hydroxylation sites is 2.